The lowest BCUT2D eigenvalue weighted by Crippen LogP contribution is -2.41. The minimum atomic E-state index is -0.209. The first-order valence-electron chi connectivity index (χ1n) is 7.08. The molecule has 110 valence electrons. The third-order valence-electron chi connectivity index (χ3n) is 3.49. The fourth-order valence-electron chi connectivity index (χ4n) is 2.46. The van der Waals surface area contributed by atoms with Crippen molar-refractivity contribution in [3.63, 3.8) is 0 Å². The van der Waals surface area contributed by atoms with E-state index in [-0.39, 0.29) is 5.60 Å². The van der Waals surface area contributed by atoms with Gasteiger partial charge in [-0.2, -0.15) is 0 Å². The van der Waals surface area contributed by atoms with E-state index < -0.39 is 0 Å². The summed E-state index contributed by atoms with van der Waals surface area (Å²) in [7, 11) is 0. The maximum absolute atomic E-state index is 5.79. The Morgan fingerprint density at radius 1 is 1.20 bits per heavy atom. The third-order valence-corrected chi connectivity index (χ3v) is 4.36. The van der Waals surface area contributed by atoms with Crippen molar-refractivity contribution in [3.05, 3.63) is 34.3 Å². The summed E-state index contributed by atoms with van der Waals surface area (Å²) in [6.45, 7) is 8.07. The number of hydrogen-bond acceptors (Lipinski definition) is 2. The standard InChI is InChI=1S/C16H22BrNOS/c1-16(2,3)19-15(20)18-10-8-13(9-11-18)12-4-6-14(17)7-5-12/h4-7,13H,8-11H2,1-3H3. The van der Waals surface area contributed by atoms with E-state index in [1.807, 2.05) is 20.8 Å². The van der Waals surface area contributed by atoms with E-state index in [1.54, 1.807) is 0 Å². The van der Waals surface area contributed by atoms with E-state index >= 15 is 0 Å². The highest BCUT2D eigenvalue weighted by Crippen LogP contribution is 2.29. The van der Waals surface area contributed by atoms with Gasteiger partial charge in [0.25, 0.3) is 5.17 Å². The lowest BCUT2D eigenvalue weighted by molar-refractivity contribution is 0.0887. The van der Waals surface area contributed by atoms with Crippen LogP contribution in [0.1, 0.15) is 45.1 Å². The number of rotatable bonds is 1. The summed E-state index contributed by atoms with van der Waals surface area (Å²) in [5.41, 5.74) is 1.22. The van der Waals surface area contributed by atoms with E-state index in [4.69, 9.17) is 17.0 Å². The van der Waals surface area contributed by atoms with E-state index in [2.05, 4.69) is 45.1 Å². The molecule has 20 heavy (non-hydrogen) atoms. The summed E-state index contributed by atoms with van der Waals surface area (Å²) in [5.74, 6) is 0.636. The van der Waals surface area contributed by atoms with E-state index in [9.17, 15) is 0 Å². The number of ether oxygens (including phenoxy) is 1. The average Bonchev–Trinajstić information content (AvgIpc) is 2.38. The molecule has 1 aliphatic rings. The van der Waals surface area contributed by atoms with Gasteiger partial charge in [0.2, 0.25) is 0 Å². The van der Waals surface area contributed by atoms with Crippen molar-refractivity contribution in [2.24, 2.45) is 0 Å². The molecule has 0 N–H and O–H groups in total. The van der Waals surface area contributed by atoms with Crippen LogP contribution in [0.25, 0.3) is 0 Å². The van der Waals surface area contributed by atoms with Gasteiger partial charge in [-0.1, -0.05) is 28.1 Å². The largest absolute Gasteiger partial charge is 0.465 e. The van der Waals surface area contributed by atoms with Crippen molar-refractivity contribution in [1.82, 2.24) is 4.90 Å². The van der Waals surface area contributed by atoms with Gasteiger partial charge in [0, 0.05) is 17.6 Å². The predicted octanol–water partition coefficient (Wildman–Crippen LogP) is 4.73. The number of benzene rings is 1. The normalized spacial score (nSPS) is 17.1. The summed E-state index contributed by atoms with van der Waals surface area (Å²) in [6.07, 6.45) is 2.27. The zero-order valence-electron chi connectivity index (χ0n) is 12.4. The number of piperidine rings is 1. The Morgan fingerprint density at radius 3 is 2.25 bits per heavy atom. The lowest BCUT2D eigenvalue weighted by Gasteiger charge is -2.35. The molecule has 0 aromatic heterocycles. The summed E-state index contributed by atoms with van der Waals surface area (Å²) >= 11 is 8.88. The zero-order chi connectivity index (χ0) is 14.8. The first kappa shape index (κ1) is 15.8. The van der Waals surface area contributed by atoms with Crippen LogP contribution in [-0.2, 0) is 4.74 Å². The molecule has 1 heterocycles. The topological polar surface area (TPSA) is 12.5 Å². The SMILES string of the molecule is CC(C)(C)OC(=S)N1CCC(c2ccc(Br)cc2)CC1. The van der Waals surface area contributed by atoms with E-state index in [1.165, 1.54) is 5.56 Å². The fourth-order valence-corrected chi connectivity index (χ4v) is 3.15. The lowest BCUT2D eigenvalue weighted by atomic mass is 9.90. The van der Waals surface area contributed by atoms with Crippen LogP contribution in [0.2, 0.25) is 0 Å². The highest BCUT2D eigenvalue weighted by atomic mass is 79.9. The number of thiocarbonyl (C=S) groups is 1. The molecule has 1 aliphatic heterocycles. The van der Waals surface area contributed by atoms with Gasteiger partial charge in [0.15, 0.2) is 0 Å². The highest BCUT2D eigenvalue weighted by Gasteiger charge is 2.25. The van der Waals surface area contributed by atoms with Gasteiger partial charge < -0.3 is 9.64 Å². The first-order chi connectivity index (χ1) is 9.35. The third kappa shape index (κ3) is 4.45. The number of likely N-dealkylation sites (tertiary alicyclic amines) is 1. The molecule has 0 spiro atoms. The number of halogens is 1. The molecule has 0 amide bonds. The van der Waals surface area contributed by atoms with Crippen molar-refractivity contribution in [3.8, 4) is 0 Å². The van der Waals surface area contributed by atoms with E-state index in [0.29, 0.717) is 11.1 Å². The molecular formula is C16H22BrNOS. The Hall–Kier alpha value is -0.610. The zero-order valence-corrected chi connectivity index (χ0v) is 14.8. The van der Waals surface area contributed by atoms with Crippen LogP contribution < -0.4 is 0 Å². The average molecular weight is 356 g/mol. The van der Waals surface area contributed by atoms with Crippen molar-refractivity contribution in [1.29, 1.82) is 0 Å². The monoisotopic (exact) mass is 355 g/mol. The second-order valence-corrected chi connectivity index (χ2v) is 7.56. The molecule has 4 heteroatoms. The molecule has 0 aliphatic carbocycles. The molecule has 1 saturated heterocycles. The van der Waals surface area contributed by atoms with Crippen LogP contribution in [0.15, 0.2) is 28.7 Å². The number of hydrogen-bond donors (Lipinski definition) is 0. The number of nitrogens with zero attached hydrogens (tertiary/aromatic N) is 1. The van der Waals surface area contributed by atoms with Crippen LogP contribution in [0.5, 0.6) is 0 Å². The Balaban J connectivity index is 1.89. The van der Waals surface area contributed by atoms with Crippen molar-refractivity contribution >= 4 is 33.3 Å². The quantitative estimate of drug-likeness (QED) is 0.675. The summed E-state index contributed by atoms with van der Waals surface area (Å²) < 4.78 is 6.92. The van der Waals surface area contributed by atoms with Crippen molar-refractivity contribution in [2.45, 2.75) is 45.1 Å². The highest BCUT2D eigenvalue weighted by molar-refractivity contribution is 9.10. The minimum Gasteiger partial charge on any atom is -0.465 e. The van der Waals surface area contributed by atoms with Gasteiger partial charge in [-0.05, 0) is 69.4 Å². The summed E-state index contributed by atoms with van der Waals surface area (Å²) in [6, 6.07) is 8.67. The van der Waals surface area contributed by atoms with E-state index in [0.717, 1.165) is 30.4 Å². The van der Waals surface area contributed by atoms with Gasteiger partial charge in [-0.3, -0.25) is 0 Å². The fraction of sp³-hybridized carbons (Fsp3) is 0.562. The predicted molar refractivity (Wildman–Crippen MR) is 91.1 cm³/mol. The molecule has 1 aromatic carbocycles. The van der Waals surface area contributed by atoms with Gasteiger partial charge in [-0.15, -0.1) is 0 Å². The van der Waals surface area contributed by atoms with Gasteiger partial charge in [-0.25, -0.2) is 0 Å². The van der Waals surface area contributed by atoms with Crippen LogP contribution >= 0.6 is 28.1 Å². The Bertz CT molecular complexity index is 458. The molecule has 1 aromatic rings. The molecular weight excluding hydrogens is 334 g/mol. The maximum atomic E-state index is 5.79. The van der Waals surface area contributed by atoms with Crippen LogP contribution in [-0.4, -0.2) is 28.8 Å². The maximum Gasteiger partial charge on any atom is 0.259 e. The Kier molecular flexibility index (Phi) is 5.08. The molecule has 0 unspecified atom stereocenters. The van der Waals surface area contributed by atoms with Crippen LogP contribution in [0.3, 0.4) is 0 Å². The first-order valence-corrected chi connectivity index (χ1v) is 8.29. The van der Waals surface area contributed by atoms with Crippen molar-refractivity contribution < 1.29 is 4.74 Å². The minimum absolute atomic E-state index is 0.209. The molecule has 1 fully saturated rings. The molecule has 0 bridgehead atoms. The Morgan fingerprint density at radius 2 is 1.75 bits per heavy atom. The summed E-state index contributed by atoms with van der Waals surface area (Å²) in [5, 5.41) is 0.645. The smallest absolute Gasteiger partial charge is 0.259 e. The molecule has 0 radical (unpaired) electrons. The van der Waals surface area contributed by atoms with Crippen molar-refractivity contribution in [2.75, 3.05) is 13.1 Å². The van der Waals surface area contributed by atoms with Gasteiger partial charge in [0.1, 0.15) is 5.60 Å². The Labute approximate surface area is 135 Å². The molecule has 0 atom stereocenters. The molecule has 0 saturated carbocycles. The summed E-state index contributed by atoms with van der Waals surface area (Å²) in [4.78, 5) is 2.19. The van der Waals surface area contributed by atoms with Crippen LogP contribution in [0, 0.1) is 0 Å². The van der Waals surface area contributed by atoms with Crippen LogP contribution in [0.4, 0.5) is 0 Å². The van der Waals surface area contributed by atoms with Gasteiger partial charge >= 0.3 is 0 Å². The van der Waals surface area contributed by atoms with Gasteiger partial charge in [0.05, 0.1) is 0 Å². The molecule has 2 rings (SSSR count). The second kappa shape index (κ2) is 6.44. The molecule has 2 nitrogen and oxygen atoms in total. The second-order valence-electron chi connectivity index (χ2n) is 6.29.